The van der Waals surface area contributed by atoms with Crippen LogP contribution in [0.4, 0.5) is 10.1 Å². The number of hydrogen-bond donors (Lipinski definition) is 1. The molecule has 0 saturated heterocycles. The molecule has 0 atom stereocenters. The highest BCUT2D eigenvalue weighted by atomic mass is 35.5. The van der Waals surface area contributed by atoms with Gasteiger partial charge >= 0.3 is 0 Å². The van der Waals surface area contributed by atoms with Gasteiger partial charge in [-0.1, -0.05) is 53.2 Å². The molecule has 6 nitrogen and oxygen atoms in total. The van der Waals surface area contributed by atoms with E-state index in [-0.39, 0.29) is 16.7 Å². The third-order valence-corrected chi connectivity index (χ3v) is 5.34. The number of fused-ring (bicyclic) bond motifs is 1. The summed E-state index contributed by atoms with van der Waals surface area (Å²) in [6, 6.07) is 15.9. The Kier molecular flexibility index (Phi) is 5.46. The lowest BCUT2D eigenvalue weighted by Crippen LogP contribution is -2.14. The maximum absolute atomic E-state index is 13.5. The zero-order valence-electron chi connectivity index (χ0n) is 15.3. The lowest BCUT2D eigenvalue weighted by atomic mass is 10.1. The Morgan fingerprint density at radius 2 is 1.93 bits per heavy atom. The van der Waals surface area contributed by atoms with E-state index in [0.29, 0.717) is 16.5 Å². The Bertz CT molecular complexity index is 1200. The van der Waals surface area contributed by atoms with Crippen LogP contribution in [0, 0.1) is 12.7 Å². The van der Waals surface area contributed by atoms with Gasteiger partial charge < -0.3 is 5.32 Å². The number of nitrogens with zero attached hydrogens (tertiary/aromatic N) is 4. The number of amides is 1. The quantitative estimate of drug-likeness (QED) is 0.470. The third kappa shape index (κ3) is 4.38. The number of benzene rings is 2. The van der Waals surface area contributed by atoms with Crippen LogP contribution >= 0.6 is 23.4 Å². The molecule has 9 heteroatoms. The fraction of sp³-hybridized carbons (Fsp3) is 0.100. The summed E-state index contributed by atoms with van der Waals surface area (Å²) in [4.78, 5) is 12.2. The minimum absolute atomic E-state index is 0.00255. The van der Waals surface area contributed by atoms with Crippen LogP contribution in [0.2, 0.25) is 5.02 Å². The second-order valence-corrected chi connectivity index (χ2v) is 7.65. The lowest BCUT2D eigenvalue weighted by molar-refractivity contribution is -0.113. The molecule has 0 fully saturated rings. The first-order valence-corrected chi connectivity index (χ1v) is 10.0. The van der Waals surface area contributed by atoms with Crippen molar-refractivity contribution < 1.29 is 9.18 Å². The highest BCUT2D eigenvalue weighted by Gasteiger charge is 2.12. The molecule has 1 amide bonds. The minimum Gasteiger partial charge on any atom is -0.325 e. The number of nitrogens with one attached hydrogen (secondary N) is 1. The molecule has 0 radical (unpaired) electrons. The Morgan fingerprint density at radius 1 is 1.14 bits per heavy atom. The Morgan fingerprint density at radius 3 is 2.69 bits per heavy atom. The summed E-state index contributed by atoms with van der Waals surface area (Å²) in [5, 5.41) is 15.9. The highest BCUT2D eigenvalue weighted by molar-refractivity contribution is 7.99. The van der Waals surface area contributed by atoms with Gasteiger partial charge in [-0.25, -0.2) is 4.39 Å². The second kappa shape index (κ2) is 8.18. The summed E-state index contributed by atoms with van der Waals surface area (Å²) in [6.45, 7) is 2.03. The maximum atomic E-state index is 13.5. The first-order chi connectivity index (χ1) is 14.0. The van der Waals surface area contributed by atoms with E-state index in [0.717, 1.165) is 11.3 Å². The van der Waals surface area contributed by atoms with E-state index in [9.17, 15) is 9.18 Å². The number of carbonyl (C=O) groups excluding carboxylic acids is 1. The molecule has 2 aromatic carbocycles. The largest absolute Gasteiger partial charge is 0.325 e. The summed E-state index contributed by atoms with van der Waals surface area (Å²) in [5.74, 6) is -0.821. The van der Waals surface area contributed by atoms with Crippen LogP contribution < -0.4 is 5.32 Å². The van der Waals surface area contributed by atoms with E-state index in [1.807, 2.05) is 43.3 Å². The predicted molar refractivity (Wildman–Crippen MR) is 112 cm³/mol. The molecule has 2 aromatic heterocycles. The van der Waals surface area contributed by atoms with E-state index in [2.05, 4.69) is 20.6 Å². The molecule has 0 aliphatic heterocycles. The van der Waals surface area contributed by atoms with Crippen molar-refractivity contribution >= 4 is 40.6 Å². The van der Waals surface area contributed by atoms with Crippen molar-refractivity contribution in [3.8, 4) is 11.3 Å². The summed E-state index contributed by atoms with van der Waals surface area (Å²) in [6.07, 6.45) is 0. The Hall–Kier alpha value is -2.97. The molecular weight excluding hydrogens is 413 g/mol. The van der Waals surface area contributed by atoms with Gasteiger partial charge in [-0.15, -0.1) is 10.2 Å². The molecule has 146 valence electrons. The van der Waals surface area contributed by atoms with Crippen LogP contribution in [0.3, 0.4) is 0 Å². The molecular formula is C20H15ClFN5OS. The van der Waals surface area contributed by atoms with Gasteiger partial charge in [0.25, 0.3) is 0 Å². The highest BCUT2D eigenvalue weighted by Crippen LogP contribution is 2.22. The van der Waals surface area contributed by atoms with Gasteiger partial charge in [-0.05, 0) is 37.3 Å². The van der Waals surface area contributed by atoms with Crippen LogP contribution in [-0.4, -0.2) is 31.5 Å². The Balaban J connectivity index is 1.48. The molecule has 1 N–H and O–H groups in total. The van der Waals surface area contributed by atoms with Crippen molar-refractivity contribution in [2.75, 3.05) is 11.1 Å². The van der Waals surface area contributed by atoms with Crippen LogP contribution in [0.15, 0.2) is 59.8 Å². The third-order valence-electron chi connectivity index (χ3n) is 4.12. The summed E-state index contributed by atoms with van der Waals surface area (Å²) < 4.78 is 15.1. The van der Waals surface area contributed by atoms with E-state index in [4.69, 9.17) is 11.6 Å². The Labute approximate surface area is 175 Å². The van der Waals surface area contributed by atoms with Gasteiger partial charge in [0.05, 0.1) is 16.5 Å². The summed E-state index contributed by atoms with van der Waals surface area (Å²) in [5.41, 5.74) is 3.85. The zero-order chi connectivity index (χ0) is 20.4. The summed E-state index contributed by atoms with van der Waals surface area (Å²) >= 11 is 6.84. The van der Waals surface area contributed by atoms with Crippen LogP contribution in [0.5, 0.6) is 0 Å². The molecule has 0 aliphatic carbocycles. The molecule has 0 unspecified atom stereocenters. The molecule has 4 aromatic rings. The van der Waals surface area contributed by atoms with Crippen molar-refractivity contribution in [2.24, 2.45) is 0 Å². The molecule has 0 bridgehead atoms. The van der Waals surface area contributed by atoms with E-state index in [1.165, 1.54) is 35.5 Å². The SMILES string of the molecule is Cc1ccc(-c2ccc3nnc(SCC(=O)Nc4ccc(Cl)c(F)c4)n3n2)cc1. The fourth-order valence-electron chi connectivity index (χ4n) is 2.64. The van der Waals surface area contributed by atoms with Crippen molar-refractivity contribution in [3.05, 3.63) is 71.0 Å². The zero-order valence-corrected chi connectivity index (χ0v) is 16.8. The smallest absolute Gasteiger partial charge is 0.234 e. The molecule has 29 heavy (non-hydrogen) atoms. The number of rotatable bonds is 5. The van der Waals surface area contributed by atoms with Crippen LogP contribution in [-0.2, 0) is 4.79 Å². The van der Waals surface area contributed by atoms with Crippen molar-refractivity contribution in [2.45, 2.75) is 12.1 Å². The van der Waals surface area contributed by atoms with E-state index in [1.54, 1.807) is 4.52 Å². The number of aromatic nitrogens is 4. The van der Waals surface area contributed by atoms with E-state index >= 15 is 0 Å². The predicted octanol–water partition coefficient (Wildman–Crippen LogP) is 4.62. The molecule has 0 saturated carbocycles. The van der Waals surface area contributed by atoms with Crippen molar-refractivity contribution in [1.82, 2.24) is 19.8 Å². The monoisotopic (exact) mass is 427 g/mol. The number of carbonyl (C=O) groups is 1. The van der Waals surface area contributed by atoms with E-state index < -0.39 is 5.82 Å². The van der Waals surface area contributed by atoms with Gasteiger partial charge in [0.2, 0.25) is 11.1 Å². The standard InChI is InChI=1S/C20H15ClFN5OS/c1-12-2-4-13(5-3-12)17-8-9-18-24-25-20(27(18)26-17)29-11-19(28)23-14-6-7-15(21)16(22)10-14/h2-10H,11H2,1H3,(H,23,28). The number of halogens is 2. The molecule has 4 rings (SSSR count). The second-order valence-electron chi connectivity index (χ2n) is 6.30. The normalized spacial score (nSPS) is 11.0. The van der Waals surface area contributed by atoms with Crippen molar-refractivity contribution in [1.29, 1.82) is 0 Å². The molecule has 2 heterocycles. The number of hydrogen-bond acceptors (Lipinski definition) is 5. The fourth-order valence-corrected chi connectivity index (χ4v) is 3.44. The van der Waals surface area contributed by atoms with Crippen molar-refractivity contribution in [3.63, 3.8) is 0 Å². The number of thioether (sulfide) groups is 1. The number of aryl methyl sites for hydroxylation is 1. The molecule has 0 spiro atoms. The van der Waals surface area contributed by atoms with Gasteiger partial charge in [0, 0.05) is 11.3 Å². The number of anilines is 1. The topological polar surface area (TPSA) is 72.2 Å². The average Bonchev–Trinajstić information content (AvgIpc) is 3.12. The first-order valence-electron chi connectivity index (χ1n) is 8.67. The van der Waals surface area contributed by atoms with Gasteiger partial charge in [0.15, 0.2) is 5.65 Å². The van der Waals surface area contributed by atoms with Gasteiger partial charge in [-0.3, -0.25) is 4.79 Å². The first kappa shape index (κ1) is 19.4. The maximum Gasteiger partial charge on any atom is 0.234 e. The molecule has 0 aliphatic rings. The summed E-state index contributed by atoms with van der Waals surface area (Å²) in [7, 11) is 0. The van der Waals surface area contributed by atoms with Gasteiger partial charge in [0.1, 0.15) is 5.82 Å². The van der Waals surface area contributed by atoms with Crippen LogP contribution in [0.1, 0.15) is 5.56 Å². The van der Waals surface area contributed by atoms with Crippen LogP contribution in [0.25, 0.3) is 16.9 Å². The van der Waals surface area contributed by atoms with Gasteiger partial charge in [-0.2, -0.15) is 9.61 Å². The minimum atomic E-state index is -0.589. The average molecular weight is 428 g/mol. The lowest BCUT2D eigenvalue weighted by Gasteiger charge is -2.06.